The molecule has 0 aliphatic heterocycles. The number of amides is 1. The topological polar surface area (TPSA) is 60.9 Å². The van der Waals surface area contributed by atoms with Crippen molar-refractivity contribution in [3.8, 4) is 0 Å². The number of rotatable bonds is 4. The summed E-state index contributed by atoms with van der Waals surface area (Å²) in [4.78, 5) is 10.5. The number of hydrogen-bond acceptors (Lipinski definition) is 2. The van der Waals surface area contributed by atoms with E-state index >= 15 is 0 Å². The van der Waals surface area contributed by atoms with Gasteiger partial charge in [-0.2, -0.15) is 5.10 Å². The van der Waals surface area contributed by atoms with Crippen molar-refractivity contribution in [2.24, 2.45) is 5.73 Å². The van der Waals surface area contributed by atoms with E-state index in [0.717, 1.165) is 24.2 Å². The van der Waals surface area contributed by atoms with E-state index in [9.17, 15) is 4.79 Å². The molecular weight excluding hydrogens is 178 g/mol. The van der Waals surface area contributed by atoms with Crippen LogP contribution in [0.5, 0.6) is 0 Å². The van der Waals surface area contributed by atoms with Gasteiger partial charge >= 0.3 is 0 Å². The van der Waals surface area contributed by atoms with E-state index in [4.69, 9.17) is 5.73 Å². The highest BCUT2D eigenvalue weighted by molar-refractivity contribution is 5.90. The molecule has 0 atom stereocenters. The summed E-state index contributed by atoms with van der Waals surface area (Å²) >= 11 is 0. The summed E-state index contributed by atoms with van der Waals surface area (Å²) in [6.07, 6.45) is 5.82. The van der Waals surface area contributed by atoms with E-state index in [1.165, 1.54) is 6.08 Å². The third kappa shape index (κ3) is 2.45. The Hall–Kier alpha value is -1.58. The van der Waals surface area contributed by atoms with Gasteiger partial charge in [-0.15, -0.1) is 0 Å². The number of hydrogen-bond donors (Lipinski definition) is 1. The quantitative estimate of drug-likeness (QED) is 0.728. The first-order chi connectivity index (χ1) is 6.65. The van der Waals surface area contributed by atoms with Crippen LogP contribution in [0.1, 0.15) is 24.6 Å². The minimum Gasteiger partial charge on any atom is -0.366 e. The highest BCUT2D eigenvalue weighted by Crippen LogP contribution is 2.09. The summed E-state index contributed by atoms with van der Waals surface area (Å²) in [5.41, 5.74) is 7.00. The minimum atomic E-state index is -0.437. The molecule has 76 valence electrons. The van der Waals surface area contributed by atoms with E-state index in [-0.39, 0.29) is 0 Å². The third-order valence-corrected chi connectivity index (χ3v) is 2.00. The second-order valence-corrected chi connectivity index (χ2v) is 3.14. The summed E-state index contributed by atoms with van der Waals surface area (Å²) < 4.78 is 1.92. The zero-order chi connectivity index (χ0) is 10.6. The van der Waals surface area contributed by atoms with E-state index < -0.39 is 5.91 Å². The van der Waals surface area contributed by atoms with Crippen LogP contribution in [0.15, 0.2) is 12.3 Å². The number of aryl methyl sites for hydroxylation is 1. The summed E-state index contributed by atoms with van der Waals surface area (Å²) in [6.45, 7) is 4.97. The van der Waals surface area contributed by atoms with Crippen LogP contribution in [-0.4, -0.2) is 15.7 Å². The fourth-order valence-corrected chi connectivity index (χ4v) is 1.23. The first-order valence-electron chi connectivity index (χ1n) is 4.65. The van der Waals surface area contributed by atoms with E-state index in [2.05, 4.69) is 12.0 Å². The summed E-state index contributed by atoms with van der Waals surface area (Å²) in [5.74, 6) is -0.437. The molecule has 4 heteroatoms. The van der Waals surface area contributed by atoms with Gasteiger partial charge in [0, 0.05) is 23.9 Å². The van der Waals surface area contributed by atoms with Gasteiger partial charge in [0.1, 0.15) is 0 Å². The Labute approximate surface area is 83.4 Å². The van der Waals surface area contributed by atoms with Crippen molar-refractivity contribution in [2.75, 3.05) is 0 Å². The number of nitrogens with two attached hydrogens (primary N) is 1. The first-order valence-corrected chi connectivity index (χ1v) is 4.65. The standard InChI is InChI=1S/C10H15N3O/c1-3-6-13-8(2)9(7-12-13)4-5-10(11)14/h4-5,7H,3,6H2,1-2H3,(H2,11,14). The van der Waals surface area contributed by atoms with Crippen molar-refractivity contribution in [2.45, 2.75) is 26.8 Å². The van der Waals surface area contributed by atoms with E-state index in [1.54, 1.807) is 12.3 Å². The van der Waals surface area contributed by atoms with Gasteiger partial charge in [0.2, 0.25) is 5.91 Å². The SMILES string of the molecule is CCCn1ncc(C=CC(N)=O)c1C. The molecule has 0 saturated carbocycles. The Morgan fingerprint density at radius 2 is 2.43 bits per heavy atom. The molecule has 1 heterocycles. The predicted molar refractivity (Wildman–Crippen MR) is 55.5 cm³/mol. The van der Waals surface area contributed by atoms with Crippen molar-refractivity contribution in [3.05, 3.63) is 23.5 Å². The van der Waals surface area contributed by atoms with Crippen LogP contribution in [0, 0.1) is 6.92 Å². The third-order valence-electron chi connectivity index (χ3n) is 2.00. The van der Waals surface area contributed by atoms with Gasteiger partial charge in [-0.05, 0) is 19.4 Å². The van der Waals surface area contributed by atoms with Crippen molar-refractivity contribution < 1.29 is 4.79 Å². The minimum absolute atomic E-state index is 0.437. The summed E-state index contributed by atoms with van der Waals surface area (Å²) in [5, 5.41) is 4.20. The van der Waals surface area contributed by atoms with E-state index in [1.807, 2.05) is 11.6 Å². The zero-order valence-electron chi connectivity index (χ0n) is 8.53. The Morgan fingerprint density at radius 3 is 3.00 bits per heavy atom. The van der Waals surface area contributed by atoms with Gasteiger partial charge in [0.05, 0.1) is 6.20 Å². The Bertz CT molecular complexity index is 352. The number of nitrogens with zero attached hydrogens (tertiary/aromatic N) is 2. The molecule has 1 aromatic rings. The lowest BCUT2D eigenvalue weighted by Gasteiger charge is -2.00. The monoisotopic (exact) mass is 193 g/mol. The van der Waals surface area contributed by atoms with Crippen LogP contribution >= 0.6 is 0 Å². The number of primary amides is 1. The van der Waals surface area contributed by atoms with Crippen LogP contribution in [-0.2, 0) is 11.3 Å². The highest BCUT2D eigenvalue weighted by atomic mass is 16.1. The van der Waals surface area contributed by atoms with Crippen LogP contribution in [0.2, 0.25) is 0 Å². The maximum absolute atomic E-state index is 10.5. The summed E-state index contributed by atoms with van der Waals surface area (Å²) in [6, 6.07) is 0. The molecule has 0 fully saturated rings. The number of carbonyl (C=O) groups excluding carboxylic acids is 1. The lowest BCUT2D eigenvalue weighted by atomic mass is 10.2. The molecule has 0 bridgehead atoms. The average molecular weight is 193 g/mol. The molecule has 0 aliphatic carbocycles. The van der Waals surface area contributed by atoms with E-state index in [0.29, 0.717) is 0 Å². The zero-order valence-corrected chi connectivity index (χ0v) is 8.53. The fraction of sp³-hybridized carbons (Fsp3) is 0.400. The lowest BCUT2D eigenvalue weighted by Crippen LogP contribution is -2.05. The molecule has 1 amide bonds. The van der Waals surface area contributed by atoms with Crippen LogP contribution in [0.4, 0.5) is 0 Å². The van der Waals surface area contributed by atoms with Gasteiger partial charge < -0.3 is 5.73 Å². The van der Waals surface area contributed by atoms with Crippen molar-refractivity contribution in [1.29, 1.82) is 0 Å². The lowest BCUT2D eigenvalue weighted by molar-refractivity contribution is -0.113. The molecule has 0 unspecified atom stereocenters. The number of carbonyl (C=O) groups is 1. The molecule has 1 rings (SSSR count). The molecular formula is C10H15N3O. The molecule has 1 aromatic heterocycles. The largest absolute Gasteiger partial charge is 0.366 e. The number of aromatic nitrogens is 2. The van der Waals surface area contributed by atoms with Gasteiger partial charge in [0.25, 0.3) is 0 Å². The van der Waals surface area contributed by atoms with Crippen LogP contribution in [0.25, 0.3) is 6.08 Å². The molecule has 0 saturated heterocycles. The Kier molecular flexibility index (Phi) is 3.45. The molecule has 2 N–H and O–H groups in total. The predicted octanol–water partition coefficient (Wildman–Crippen LogP) is 1.10. The fourth-order valence-electron chi connectivity index (χ4n) is 1.23. The van der Waals surface area contributed by atoms with Crippen molar-refractivity contribution >= 4 is 12.0 Å². The molecule has 14 heavy (non-hydrogen) atoms. The molecule has 0 aliphatic rings. The second kappa shape index (κ2) is 4.60. The van der Waals surface area contributed by atoms with Gasteiger partial charge in [-0.25, -0.2) is 0 Å². The van der Waals surface area contributed by atoms with Gasteiger partial charge in [0.15, 0.2) is 0 Å². The van der Waals surface area contributed by atoms with Crippen LogP contribution < -0.4 is 5.73 Å². The molecule has 0 spiro atoms. The molecule has 0 radical (unpaired) electrons. The van der Waals surface area contributed by atoms with Gasteiger partial charge in [-0.3, -0.25) is 9.48 Å². The Balaban J connectivity index is 2.84. The first kappa shape index (κ1) is 10.5. The smallest absolute Gasteiger partial charge is 0.241 e. The molecule has 4 nitrogen and oxygen atoms in total. The average Bonchev–Trinajstić information content (AvgIpc) is 2.46. The normalized spacial score (nSPS) is 11.0. The second-order valence-electron chi connectivity index (χ2n) is 3.14. The van der Waals surface area contributed by atoms with Crippen molar-refractivity contribution in [1.82, 2.24) is 9.78 Å². The van der Waals surface area contributed by atoms with Crippen molar-refractivity contribution in [3.63, 3.8) is 0 Å². The molecule has 0 aromatic carbocycles. The maximum Gasteiger partial charge on any atom is 0.241 e. The highest BCUT2D eigenvalue weighted by Gasteiger charge is 2.02. The van der Waals surface area contributed by atoms with Crippen LogP contribution in [0.3, 0.4) is 0 Å². The maximum atomic E-state index is 10.5. The Morgan fingerprint density at radius 1 is 1.71 bits per heavy atom. The summed E-state index contributed by atoms with van der Waals surface area (Å²) in [7, 11) is 0. The van der Waals surface area contributed by atoms with Gasteiger partial charge in [-0.1, -0.05) is 6.92 Å².